The number of esters is 1. The van der Waals surface area contributed by atoms with Gasteiger partial charge >= 0.3 is 5.97 Å². The molecule has 2 aromatic rings. The summed E-state index contributed by atoms with van der Waals surface area (Å²) in [6, 6.07) is 11.8. The Bertz CT molecular complexity index is 1240. The lowest BCUT2D eigenvalue weighted by Gasteiger charge is -2.28. The summed E-state index contributed by atoms with van der Waals surface area (Å²) >= 11 is 4.92. The van der Waals surface area contributed by atoms with Crippen molar-refractivity contribution in [2.45, 2.75) is 40.0 Å². The summed E-state index contributed by atoms with van der Waals surface area (Å²) in [4.78, 5) is 34.5. The Labute approximate surface area is 242 Å². The van der Waals surface area contributed by atoms with Gasteiger partial charge in [0.05, 0.1) is 23.8 Å². The number of benzene rings is 2. The van der Waals surface area contributed by atoms with E-state index in [-0.39, 0.29) is 19.1 Å². The molecular weight excluding hydrogens is 582 g/mol. The molecule has 1 amide bonds. The van der Waals surface area contributed by atoms with Crippen LogP contribution in [-0.4, -0.2) is 61.4 Å². The molecule has 8 nitrogen and oxygen atoms in total. The lowest BCUT2D eigenvalue weighted by Crippen LogP contribution is -2.29. The SMILES string of the molecule is CCOC(=O)COc1cc(Br)c(/C=C2\SC(=Nc3ccc(N4CCCCC4)cc3)N(CC)C2=O)cc1OCC. The van der Waals surface area contributed by atoms with Crippen LogP contribution in [0.25, 0.3) is 6.08 Å². The van der Waals surface area contributed by atoms with E-state index in [0.717, 1.165) is 24.3 Å². The van der Waals surface area contributed by atoms with Crippen molar-refractivity contribution < 1.29 is 23.8 Å². The number of piperidine rings is 1. The molecule has 4 rings (SSSR count). The number of likely N-dealkylation sites (N-methyl/N-ethyl adjacent to an activating group) is 1. The lowest BCUT2D eigenvalue weighted by atomic mass is 10.1. The molecule has 0 saturated carbocycles. The van der Waals surface area contributed by atoms with Crippen LogP contribution in [0.5, 0.6) is 11.5 Å². The summed E-state index contributed by atoms with van der Waals surface area (Å²) < 4.78 is 17.0. The molecular formula is C29H34BrN3O5S. The zero-order valence-electron chi connectivity index (χ0n) is 22.6. The number of amidine groups is 1. The van der Waals surface area contributed by atoms with Gasteiger partial charge < -0.3 is 19.1 Å². The van der Waals surface area contributed by atoms with E-state index in [1.165, 1.54) is 36.7 Å². The molecule has 0 N–H and O–H groups in total. The predicted molar refractivity (Wildman–Crippen MR) is 160 cm³/mol. The number of amides is 1. The van der Waals surface area contributed by atoms with Crippen molar-refractivity contribution in [2.24, 2.45) is 4.99 Å². The summed E-state index contributed by atoms with van der Waals surface area (Å²) in [7, 11) is 0. The van der Waals surface area contributed by atoms with Crippen molar-refractivity contribution in [3.05, 3.63) is 51.3 Å². The molecule has 2 aliphatic heterocycles. The number of nitrogens with zero attached hydrogens (tertiary/aromatic N) is 3. The van der Waals surface area contributed by atoms with E-state index in [2.05, 4.69) is 33.0 Å². The van der Waals surface area contributed by atoms with Gasteiger partial charge in [-0.15, -0.1) is 0 Å². The third kappa shape index (κ3) is 7.36. The van der Waals surface area contributed by atoms with Gasteiger partial charge in [-0.2, -0.15) is 0 Å². The van der Waals surface area contributed by atoms with E-state index >= 15 is 0 Å². The molecule has 2 aromatic carbocycles. The van der Waals surface area contributed by atoms with Crippen LogP contribution in [0.3, 0.4) is 0 Å². The highest BCUT2D eigenvalue weighted by Gasteiger charge is 2.32. The minimum absolute atomic E-state index is 0.0984. The van der Waals surface area contributed by atoms with E-state index in [1.54, 1.807) is 24.0 Å². The maximum Gasteiger partial charge on any atom is 0.344 e. The van der Waals surface area contributed by atoms with Crippen molar-refractivity contribution >= 4 is 62.2 Å². The molecule has 2 saturated heterocycles. The van der Waals surface area contributed by atoms with Crippen LogP contribution >= 0.6 is 27.7 Å². The van der Waals surface area contributed by atoms with E-state index < -0.39 is 5.97 Å². The van der Waals surface area contributed by atoms with Crippen LogP contribution in [0, 0.1) is 0 Å². The second-order valence-corrected chi connectivity index (χ2v) is 10.8. The Hall–Kier alpha value is -2.98. The van der Waals surface area contributed by atoms with Crippen LogP contribution in [0.15, 0.2) is 50.8 Å². The predicted octanol–water partition coefficient (Wildman–Crippen LogP) is 6.40. The molecule has 0 unspecified atom stereocenters. The van der Waals surface area contributed by atoms with Gasteiger partial charge in [-0.3, -0.25) is 9.69 Å². The average molecular weight is 617 g/mol. The smallest absolute Gasteiger partial charge is 0.344 e. The molecule has 2 heterocycles. The number of hydrogen-bond donors (Lipinski definition) is 0. The third-order valence-corrected chi connectivity index (χ3v) is 7.99. The molecule has 0 atom stereocenters. The van der Waals surface area contributed by atoms with Crippen LogP contribution < -0.4 is 14.4 Å². The fourth-order valence-electron chi connectivity index (χ4n) is 4.39. The summed E-state index contributed by atoms with van der Waals surface area (Å²) in [6.45, 7) is 8.72. The first-order valence-electron chi connectivity index (χ1n) is 13.3. The number of aliphatic imine (C=N–C) groups is 1. The van der Waals surface area contributed by atoms with Gasteiger partial charge in [0, 0.05) is 29.8 Å². The number of carbonyl (C=O) groups excluding carboxylic acids is 2. The number of rotatable bonds is 10. The zero-order chi connectivity index (χ0) is 27.8. The molecule has 2 fully saturated rings. The standard InChI is InChI=1S/C29H34BrN3O5S/c1-4-33-28(35)26(39-29(33)31-21-10-12-22(13-11-21)32-14-8-7-9-15-32)17-20-16-24(36-5-2)25(18-23(20)30)38-19-27(34)37-6-3/h10-13,16-18H,4-9,14-15,19H2,1-3H3/b26-17-,31-29?. The van der Waals surface area contributed by atoms with E-state index in [4.69, 9.17) is 19.2 Å². The minimum Gasteiger partial charge on any atom is -0.490 e. The van der Waals surface area contributed by atoms with Gasteiger partial charge in [-0.1, -0.05) is 15.9 Å². The monoisotopic (exact) mass is 615 g/mol. The van der Waals surface area contributed by atoms with Gasteiger partial charge in [-0.05, 0) is 99.8 Å². The third-order valence-electron chi connectivity index (χ3n) is 6.30. The number of ether oxygens (including phenoxy) is 3. The average Bonchev–Trinajstić information content (AvgIpc) is 3.23. The molecule has 2 aliphatic rings. The van der Waals surface area contributed by atoms with Crippen LogP contribution in [0.2, 0.25) is 0 Å². The molecule has 0 bridgehead atoms. The fourth-order valence-corrected chi connectivity index (χ4v) is 5.88. The topological polar surface area (TPSA) is 80.7 Å². The van der Waals surface area contributed by atoms with Crippen LogP contribution in [0.1, 0.15) is 45.6 Å². The van der Waals surface area contributed by atoms with Crippen molar-refractivity contribution in [3.8, 4) is 11.5 Å². The molecule has 208 valence electrons. The second-order valence-electron chi connectivity index (χ2n) is 8.97. The van der Waals surface area contributed by atoms with Crippen LogP contribution in [-0.2, 0) is 14.3 Å². The van der Waals surface area contributed by atoms with Crippen LogP contribution in [0.4, 0.5) is 11.4 Å². The Morgan fingerprint density at radius 2 is 1.74 bits per heavy atom. The maximum atomic E-state index is 13.3. The summed E-state index contributed by atoms with van der Waals surface area (Å²) in [5.41, 5.74) is 2.78. The number of anilines is 1. The van der Waals surface area contributed by atoms with Crippen molar-refractivity contribution in [2.75, 3.05) is 44.4 Å². The molecule has 0 spiro atoms. The van der Waals surface area contributed by atoms with Gasteiger partial charge in [0.1, 0.15) is 0 Å². The number of hydrogen-bond acceptors (Lipinski definition) is 8. The first-order chi connectivity index (χ1) is 18.9. The highest BCUT2D eigenvalue weighted by Crippen LogP contribution is 2.39. The number of carbonyl (C=O) groups is 2. The fraction of sp³-hybridized carbons (Fsp3) is 0.414. The number of halogens is 1. The summed E-state index contributed by atoms with van der Waals surface area (Å²) in [5.74, 6) is 0.332. The Morgan fingerprint density at radius 1 is 1.03 bits per heavy atom. The maximum absolute atomic E-state index is 13.3. The molecule has 0 radical (unpaired) electrons. The van der Waals surface area contributed by atoms with Gasteiger partial charge in [0.15, 0.2) is 23.3 Å². The lowest BCUT2D eigenvalue weighted by molar-refractivity contribution is -0.145. The highest BCUT2D eigenvalue weighted by molar-refractivity contribution is 9.10. The minimum atomic E-state index is -0.456. The quantitative estimate of drug-likeness (QED) is 0.226. The summed E-state index contributed by atoms with van der Waals surface area (Å²) in [5, 5.41) is 0.648. The molecule has 10 heteroatoms. The first kappa shape index (κ1) is 29.0. The van der Waals surface area contributed by atoms with Gasteiger partial charge in [0.25, 0.3) is 5.91 Å². The van der Waals surface area contributed by atoms with Gasteiger partial charge in [-0.25, -0.2) is 9.79 Å². The largest absolute Gasteiger partial charge is 0.490 e. The highest BCUT2D eigenvalue weighted by atomic mass is 79.9. The molecule has 0 aromatic heterocycles. The zero-order valence-corrected chi connectivity index (χ0v) is 25.0. The first-order valence-corrected chi connectivity index (χ1v) is 14.9. The van der Waals surface area contributed by atoms with Gasteiger partial charge in [0.2, 0.25) is 0 Å². The molecule has 39 heavy (non-hydrogen) atoms. The summed E-state index contributed by atoms with van der Waals surface area (Å²) in [6.07, 6.45) is 5.58. The van der Waals surface area contributed by atoms with E-state index in [9.17, 15) is 9.59 Å². The van der Waals surface area contributed by atoms with Crippen molar-refractivity contribution in [1.82, 2.24) is 4.90 Å². The Balaban J connectivity index is 1.55. The van der Waals surface area contributed by atoms with E-state index in [0.29, 0.717) is 39.2 Å². The normalized spacial score (nSPS) is 17.7. The Morgan fingerprint density at radius 3 is 2.41 bits per heavy atom. The second kappa shape index (κ2) is 13.9. The van der Waals surface area contributed by atoms with Crippen molar-refractivity contribution in [1.29, 1.82) is 0 Å². The number of thioether (sulfide) groups is 1. The Kier molecular flexibility index (Phi) is 10.3. The van der Waals surface area contributed by atoms with E-state index in [1.807, 2.05) is 32.1 Å². The molecule has 0 aliphatic carbocycles. The van der Waals surface area contributed by atoms with Crippen molar-refractivity contribution in [3.63, 3.8) is 0 Å².